The van der Waals surface area contributed by atoms with Crippen LogP contribution in [-0.2, 0) is 19.7 Å². The van der Waals surface area contributed by atoms with Gasteiger partial charge in [-0.2, -0.15) is 13.4 Å². The Morgan fingerprint density at radius 1 is 0.907 bits per heavy atom. The summed E-state index contributed by atoms with van der Waals surface area (Å²) < 4.78 is 30.5. The van der Waals surface area contributed by atoms with Crippen molar-refractivity contribution >= 4 is 77.1 Å². The highest BCUT2D eigenvalue weighted by atomic mass is 79.9. The largest absolute Gasteiger partial charge is 0.379 e. The minimum Gasteiger partial charge on any atom is -0.379 e. The van der Waals surface area contributed by atoms with Crippen molar-refractivity contribution in [3.63, 3.8) is 0 Å². The van der Waals surface area contributed by atoms with Crippen LogP contribution < -0.4 is 4.18 Å². The van der Waals surface area contributed by atoms with Crippen molar-refractivity contribution in [3.05, 3.63) is 94.5 Å². The maximum Gasteiger partial charge on any atom is 0.339 e. The first kappa shape index (κ1) is 31.4. The summed E-state index contributed by atoms with van der Waals surface area (Å²) in [6.07, 6.45) is 0.771. The summed E-state index contributed by atoms with van der Waals surface area (Å²) in [5.74, 6) is -3.81. The van der Waals surface area contributed by atoms with Crippen molar-refractivity contribution in [3.8, 4) is 5.75 Å². The van der Waals surface area contributed by atoms with Crippen molar-refractivity contribution in [1.82, 2.24) is 10.0 Å². The van der Waals surface area contributed by atoms with Crippen LogP contribution in [0.4, 0.5) is 0 Å². The highest BCUT2D eigenvalue weighted by Gasteiger charge is 2.54. The lowest BCUT2D eigenvalue weighted by Gasteiger charge is -2.30. The average Bonchev–Trinajstić information content (AvgIpc) is 3.20. The lowest BCUT2D eigenvalue weighted by molar-refractivity contribution is -0.154. The Kier molecular flexibility index (Phi) is 9.12. The predicted molar refractivity (Wildman–Crippen MR) is 166 cm³/mol. The second kappa shape index (κ2) is 12.5. The van der Waals surface area contributed by atoms with Crippen LogP contribution in [0.3, 0.4) is 0 Å². The molecule has 1 saturated carbocycles. The van der Waals surface area contributed by atoms with E-state index in [2.05, 4.69) is 31.9 Å². The summed E-state index contributed by atoms with van der Waals surface area (Å²) in [7, 11) is -4.11. The zero-order chi connectivity index (χ0) is 31.1. The van der Waals surface area contributed by atoms with Crippen molar-refractivity contribution in [2.45, 2.75) is 34.3 Å². The SMILES string of the molecule is Cc1ccc(S(=O)(=O)Oc2ccc(C(=O)CN(C(=O)c3ccccc3Cl)N3C(=O)[C@H]4C[C@@H](Br)[C@@H](Br)C[C@H]4C3=O)cc2)cc1. The number of aryl methyl sites for hydroxylation is 1. The molecule has 3 aromatic carbocycles. The second-order valence-corrected chi connectivity index (χ2v) is 14.7. The van der Waals surface area contributed by atoms with Gasteiger partial charge in [-0.15, -0.1) is 0 Å². The minimum absolute atomic E-state index is 0.0224. The number of Topliss-reactive ketones (excluding diaryl/α,β-unsaturated/α-hetero) is 1. The number of hydrogen-bond acceptors (Lipinski definition) is 7. The van der Waals surface area contributed by atoms with E-state index in [0.717, 1.165) is 15.6 Å². The van der Waals surface area contributed by atoms with Crippen molar-refractivity contribution in [2.24, 2.45) is 11.8 Å². The van der Waals surface area contributed by atoms with Gasteiger partial charge in [0.1, 0.15) is 17.2 Å². The maximum absolute atomic E-state index is 13.7. The number of ketones is 1. The fourth-order valence-corrected chi connectivity index (χ4v) is 7.51. The first-order valence-corrected chi connectivity index (χ1v) is 16.9. The number of halogens is 3. The van der Waals surface area contributed by atoms with E-state index in [-0.39, 0.29) is 36.4 Å². The number of hydrazine groups is 1. The zero-order valence-corrected chi connectivity index (χ0v) is 27.4. The van der Waals surface area contributed by atoms with E-state index in [1.165, 1.54) is 48.5 Å². The Morgan fingerprint density at radius 3 is 2.02 bits per heavy atom. The number of benzene rings is 3. The summed E-state index contributed by atoms with van der Waals surface area (Å²) in [4.78, 5) is 54.2. The Labute approximate surface area is 270 Å². The lowest BCUT2D eigenvalue weighted by atomic mass is 9.81. The van der Waals surface area contributed by atoms with Gasteiger partial charge in [-0.25, -0.2) is 5.01 Å². The molecule has 0 aromatic heterocycles. The van der Waals surface area contributed by atoms with Gasteiger partial charge in [0.25, 0.3) is 17.7 Å². The molecule has 0 bridgehead atoms. The van der Waals surface area contributed by atoms with Gasteiger partial charge in [0.2, 0.25) is 0 Å². The smallest absolute Gasteiger partial charge is 0.339 e. The molecule has 4 atom stereocenters. The third kappa shape index (κ3) is 6.43. The third-order valence-corrected chi connectivity index (χ3v) is 11.8. The molecule has 0 unspecified atom stereocenters. The van der Waals surface area contributed by atoms with Crippen LogP contribution >= 0.6 is 43.5 Å². The molecule has 0 radical (unpaired) electrons. The summed E-state index contributed by atoms with van der Waals surface area (Å²) in [6, 6.07) is 17.6. The fraction of sp³-hybridized carbons (Fsp3) is 0.267. The quantitative estimate of drug-likeness (QED) is 0.128. The summed E-state index contributed by atoms with van der Waals surface area (Å²) in [6.45, 7) is 1.19. The number of alkyl halides is 2. The number of amides is 3. The molecule has 1 aliphatic carbocycles. The summed E-state index contributed by atoms with van der Waals surface area (Å²) in [5, 5.41) is 1.74. The van der Waals surface area contributed by atoms with Crippen molar-refractivity contribution in [2.75, 3.05) is 6.54 Å². The minimum atomic E-state index is -4.11. The molecule has 9 nitrogen and oxygen atoms in total. The molecule has 2 fully saturated rings. The van der Waals surface area contributed by atoms with Crippen LogP contribution in [0, 0.1) is 18.8 Å². The predicted octanol–water partition coefficient (Wildman–Crippen LogP) is 5.58. The van der Waals surface area contributed by atoms with E-state index in [1.54, 1.807) is 24.3 Å². The summed E-state index contributed by atoms with van der Waals surface area (Å²) >= 11 is 13.4. The number of rotatable bonds is 8. The second-order valence-electron chi connectivity index (χ2n) is 10.3. The zero-order valence-electron chi connectivity index (χ0n) is 22.7. The van der Waals surface area contributed by atoms with E-state index in [4.69, 9.17) is 15.8 Å². The van der Waals surface area contributed by atoms with Gasteiger partial charge in [0.15, 0.2) is 5.78 Å². The van der Waals surface area contributed by atoms with Crippen LogP contribution in [-0.4, -0.2) is 58.1 Å². The monoisotopic (exact) mass is 750 g/mol. The molecule has 1 aliphatic heterocycles. The van der Waals surface area contributed by atoms with E-state index in [9.17, 15) is 27.6 Å². The Morgan fingerprint density at radius 2 is 1.47 bits per heavy atom. The molecule has 0 spiro atoms. The lowest BCUT2D eigenvalue weighted by Crippen LogP contribution is -2.52. The van der Waals surface area contributed by atoms with Gasteiger partial charge in [0, 0.05) is 15.2 Å². The van der Waals surface area contributed by atoms with Gasteiger partial charge in [0.05, 0.1) is 22.4 Å². The number of fused-ring (bicyclic) bond motifs is 1. The first-order chi connectivity index (χ1) is 20.4. The highest BCUT2D eigenvalue weighted by molar-refractivity contribution is 9.12. The van der Waals surface area contributed by atoms with Gasteiger partial charge >= 0.3 is 10.1 Å². The van der Waals surface area contributed by atoms with Crippen LogP contribution in [0.15, 0.2) is 77.7 Å². The molecule has 0 N–H and O–H groups in total. The Hall–Kier alpha value is -3.06. The molecule has 2 aliphatic rings. The number of imide groups is 1. The van der Waals surface area contributed by atoms with Gasteiger partial charge < -0.3 is 4.18 Å². The average molecular weight is 753 g/mol. The van der Waals surface area contributed by atoms with Gasteiger partial charge in [-0.1, -0.05) is 73.3 Å². The van der Waals surface area contributed by atoms with Gasteiger partial charge in [-0.3, -0.25) is 19.2 Å². The Balaban J connectivity index is 1.40. The Bertz CT molecular complexity index is 1670. The van der Waals surface area contributed by atoms with E-state index in [1.807, 2.05) is 6.92 Å². The molecule has 3 amide bonds. The van der Waals surface area contributed by atoms with Crippen LogP contribution in [0.5, 0.6) is 5.75 Å². The van der Waals surface area contributed by atoms with E-state index >= 15 is 0 Å². The molecule has 13 heteroatoms. The van der Waals surface area contributed by atoms with Crippen LogP contribution in [0.25, 0.3) is 0 Å². The van der Waals surface area contributed by atoms with Gasteiger partial charge in [-0.05, 0) is 68.3 Å². The summed E-state index contributed by atoms with van der Waals surface area (Å²) in [5.41, 5.74) is 1.02. The number of hydrogen-bond donors (Lipinski definition) is 0. The standard InChI is InChI=1S/C30H25Br2ClN2O7S/c1-17-6-12-20(13-7-17)43(40,41)42-19-10-8-18(9-11-19)27(36)16-34(28(37)21-4-2-3-5-26(21)33)35-29(38)22-14-24(31)25(32)15-23(22)30(35)39/h2-13,22-25H,14-16H2,1H3/t22-,23+,24+,25-. The number of carbonyl (C=O) groups is 4. The molecule has 1 heterocycles. The molecule has 5 rings (SSSR count). The van der Waals surface area contributed by atoms with Crippen LogP contribution in [0.1, 0.15) is 39.1 Å². The normalized spacial score (nSPS) is 21.8. The third-order valence-electron chi connectivity index (χ3n) is 7.45. The van der Waals surface area contributed by atoms with E-state index < -0.39 is 52.0 Å². The van der Waals surface area contributed by atoms with Crippen molar-refractivity contribution in [1.29, 1.82) is 0 Å². The topological polar surface area (TPSA) is 118 Å². The molecule has 224 valence electrons. The fourth-order valence-electron chi connectivity index (χ4n) is 5.13. The van der Waals surface area contributed by atoms with Crippen molar-refractivity contribution < 1.29 is 31.8 Å². The molecular formula is C30H25Br2ClN2O7S. The first-order valence-electron chi connectivity index (χ1n) is 13.2. The van der Waals surface area contributed by atoms with Crippen LogP contribution in [0.2, 0.25) is 5.02 Å². The van der Waals surface area contributed by atoms with E-state index in [0.29, 0.717) is 12.8 Å². The number of carbonyl (C=O) groups excluding carboxylic acids is 4. The molecule has 3 aromatic rings. The molecular weight excluding hydrogens is 728 g/mol. The number of nitrogens with zero attached hydrogens (tertiary/aromatic N) is 2. The maximum atomic E-state index is 13.7. The molecule has 43 heavy (non-hydrogen) atoms. The highest BCUT2D eigenvalue weighted by Crippen LogP contribution is 2.44. The molecule has 1 saturated heterocycles.